The van der Waals surface area contributed by atoms with Crippen molar-refractivity contribution in [2.24, 2.45) is 5.73 Å². The Bertz CT molecular complexity index is 387. The van der Waals surface area contributed by atoms with E-state index in [1.165, 1.54) is 19.1 Å². The molecule has 0 bridgehead atoms. The number of nitrogens with two attached hydrogens (primary N) is 1. The number of alkyl halides is 3. The number of primary amides is 1. The summed E-state index contributed by atoms with van der Waals surface area (Å²) >= 11 is 0. The van der Waals surface area contributed by atoms with Crippen molar-refractivity contribution in [2.75, 3.05) is 5.32 Å². The molecule has 2 amide bonds. The summed E-state index contributed by atoms with van der Waals surface area (Å²) in [5, 5.41) is 2.08. The van der Waals surface area contributed by atoms with Crippen LogP contribution in [0.3, 0.4) is 0 Å². The molecular formula is C9H9F3N2O. The fraction of sp³-hybridized carbons (Fsp3) is 0.222. The fourth-order valence-corrected chi connectivity index (χ4v) is 1.15. The topological polar surface area (TPSA) is 55.1 Å². The molecule has 82 valence electrons. The average Bonchev–Trinajstić information content (AvgIpc) is 2.05. The standard InChI is InChI=1S/C9H9F3N2O/c1-5-2-3-6(14-8(13)15)4-7(5)9(10,11)12/h2-4H,1H3,(H3,13,14,15). The van der Waals surface area contributed by atoms with Crippen LogP contribution in [0.4, 0.5) is 23.7 Å². The highest BCUT2D eigenvalue weighted by Crippen LogP contribution is 2.33. The number of benzene rings is 1. The van der Waals surface area contributed by atoms with E-state index in [1.807, 2.05) is 0 Å². The largest absolute Gasteiger partial charge is 0.416 e. The molecule has 0 atom stereocenters. The van der Waals surface area contributed by atoms with E-state index in [4.69, 9.17) is 5.73 Å². The van der Waals surface area contributed by atoms with Gasteiger partial charge in [-0.1, -0.05) is 6.07 Å². The number of rotatable bonds is 1. The average molecular weight is 218 g/mol. The molecule has 0 aromatic heterocycles. The molecule has 1 rings (SSSR count). The van der Waals surface area contributed by atoms with Crippen molar-refractivity contribution in [3.63, 3.8) is 0 Å². The second kappa shape index (κ2) is 3.80. The summed E-state index contributed by atoms with van der Waals surface area (Å²) in [5.74, 6) is 0. The summed E-state index contributed by atoms with van der Waals surface area (Å²) in [6, 6.07) is 2.58. The van der Waals surface area contributed by atoms with E-state index < -0.39 is 17.8 Å². The van der Waals surface area contributed by atoms with Crippen LogP contribution in [0.2, 0.25) is 0 Å². The number of hydrogen-bond donors (Lipinski definition) is 2. The molecule has 0 aliphatic heterocycles. The van der Waals surface area contributed by atoms with Crippen LogP contribution < -0.4 is 11.1 Å². The van der Waals surface area contributed by atoms with Gasteiger partial charge in [0.25, 0.3) is 0 Å². The highest BCUT2D eigenvalue weighted by Gasteiger charge is 2.32. The van der Waals surface area contributed by atoms with Crippen molar-refractivity contribution in [3.05, 3.63) is 29.3 Å². The Labute approximate surface area is 84.1 Å². The van der Waals surface area contributed by atoms with Gasteiger partial charge < -0.3 is 11.1 Å². The van der Waals surface area contributed by atoms with Crippen molar-refractivity contribution < 1.29 is 18.0 Å². The van der Waals surface area contributed by atoms with Gasteiger partial charge in [-0.15, -0.1) is 0 Å². The molecular weight excluding hydrogens is 209 g/mol. The molecule has 0 unspecified atom stereocenters. The van der Waals surface area contributed by atoms with Crippen LogP contribution in [-0.4, -0.2) is 6.03 Å². The number of carbonyl (C=O) groups is 1. The van der Waals surface area contributed by atoms with E-state index >= 15 is 0 Å². The van der Waals surface area contributed by atoms with Crippen LogP contribution in [0.25, 0.3) is 0 Å². The van der Waals surface area contributed by atoms with Gasteiger partial charge in [0.05, 0.1) is 5.56 Å². The monoisotopic (exact) mass is 218 g/mol. The van der Waals surface area contributed by atoms with Gasteiger partial charge in [0.15, 0.2) is 0 Å². The fourth-order valence-electron chi connectivity index (χ4n) is 1.15. The van der Waals surface area contributed by atoms with Crippen molar-refractivity contribution in [1.82, 2.24) is 0 Å². The minimum absolute atomic E-state index is 0.0282. The lowest BCUT2D eigenvalue weighted by atomic mass is 10.1. The number of hydrogen-bond acceptors (Lipinski definition) is 1. The molecule has 6 heteroatoms. The predicted molar refractivity (Wildman–Crippen MR) is 49.4 cm³/mol. The lowest BCUT2D eigenvalue weighted by Gasteiger charge is -2.11. The van der Waals surface area contributed by atoms with Crippen molar-refractivity contribution in [1.29, 1.82) is 0 Å². The third kappa shape index (κ3) is 2.87. The van der Waals surface area contributed by atoms with Crippen LogP contribution >= 0.6 is 0 Å². The number of aryl methyl sites for hydroxylation is 1. The smallest absolute Gasteiger partial charge is 0.351 e. The zero-order chi connectivity index (χ0) is 11.6. The first-order valence-corrected chi connectivity index (χ1v) is 4.05. The van der Waals surface area contributed by atoms with Gasteiger partial charge in [-0.25, -0.2) is 4.79 Å². The minimum Gasteiger partial charge on any atom is -0.351 e. The Balaban J connectivity index is 3.11. The maximum Gasteiger partial charge on any atom is 0.416 e. The molecule has 3 nitrogen and oxygen atoms in total. The first kappa shape index (κ1) is 11.4. The quantitative estimate of drug-likeness (QED) is 0.747. The van der Waals surface area contributed by atoms with Crippen molar-refractivity contribution in [3.8, 4) is 0 Å². The number of nitrogens with one attached hydrogen (secondary N) is 1. The molecule has 0 fully saturated rings. The number of anilines is 1. The van der Waals surface area contributed by atoms with Crippen molar-refractivity contribution in [2.45, 2.75) is 13.1 Å². The third-order valence-corrected chi connectivity index (χ3v) is 1.81. The van der Waals surface area contributed by atoms with E-state index in [-0.39, 0.29) is 11.3 Å². The molecule has 0 saturated heterocycles. The molecule has 0 aliphatic carbocycles. The first-order chi connectivity index (χ1) is 6.80. The van der Waals surface area contributed by atoms with E-state index in [2.05, 4.69) is 5.32 Å². The second-order valence-corrected chi connectivity index (χ2v) is 3.02. The van der Waals surface area contributed by atoms with E-state index in [9.17, 15) is 18.0 Å². The Morgan fingerprint density at radius 1 is 1.40 bits per heavy atom. The van der Waals surface area contributed by atoms with Gasteiger partial charge in [0.1, 0.15) is 0 Å². The molecule has 1 aromatic rings. The zero-order valence-electron chi connectivity index (χ0n) is 7.85. The summed E-state index contributed by atoms with van der Waals surface area (Å²) in [4.78, 5) is 10.4. The summed E-state index contributed by atoms with van der Waals surface area (Å²) in [6.07, 6.45) is -4.43. The highest BCUT2D eigenvalue weighted by atomic mass is 19.4. The minimum atomic E-state index is -4.43. The van der Waals surface area contributed by atoms with E-state index in [1.54, 1.807) is 0 Å². The number of amides is 2. The highest BCUT2D eigenvalue weighted by molar-refractivity contribution is 5.87. The molecule has 0 saturated carbocycles. The molecule has 15 heavy (non-hydrogen) atoms. The molecule has 0 spiro atoms. The summed E-state index contributed by atoms with van der Waals surface area (Å²) in [5.41, 5.74) is 4.13. The summed E-state index contributed by atoms with van der Waals surface area (Å²) < 4.78 is 37.3. The first-order valence-electron chi connectivity index (χ1n) is 4.05. The normalized spacial score (nSPS) is 11.2. The Morgan fingerprint density at radius 3 is 2.47 bits per heavy atom. The Kier molecular flexibility index (Phi) is 2.88. The SMILES string of the molecule is Cc1ccc(NC(N)=O)cc1C(F)(F)F. The summed E-state index contributed by atoms with van der Waals surface area (Å²) in [7, 11) is 0. The van der Waals surface area contributed by atoms with Gasteiger partial charge in [0, 0.05) is 5.69 Å². The van der Waals surface area contributed by atoms with Crippen LogP contribution in [0.1, 0.15) is 11.1 Å². The van der Waals surface area contributed by atoms with Crippen molar-refractivity contribution >= 4 is 11.7 Å². The molecule has 0 radical (unpaired) electrons. The van der Waals surface area contributed by atoms with Gasteiger partial charge >= 0.3 is 12.2 Å². The van der Waals surface area contributed by atoms with Gasteiger partial charge in [0.2, 0.25) is 0 Å². The number of halogens is 3. The lowest BCUT2D eigenvalue weighted by Crippen LogP contribution is -2.19. The van der Waals surface area contributed by atoms with Crippen LogP contribution in [-0.2, 0) is 6.18 Å². The predicted octanol–water partition coefficient (Wildman–Crippen LogP) is 2.50. The maximum absolute atomic E-state index is 12.4. The molecule has 0 heterocycles. The summed E-state index contributed by atoms with van der Waals surface area (Å²) in [6.45, 7) is 1.34. The number of carbonyl (C=O) groups excluding carboxylic acids is 1. The van der Waals surface area contributed by atoms with Gasteiger partial charge in [-0.2, -0.15) is 13.2 Å². The zero-order valence-corrected chi connectivity index (χ0v) is 7.85. The Morgan fingerprint density at radius 2 is 2.00 bits per heavy atom. The van der Waals surface area contributed by atoms with Gasteiger partial charge in [-0.05, 0) is 24.6 Å². The van der Waals surface area contributed by atoms with E-state index in [0.717, 1.165) is 6.07 Å². The third-order valence-electron chi connectivity index (χ3n) is 1.81. The molecule has 0 aliphatic rings. The lowest BCUT2D eigenvalue weighted by molar-refractivity contribution is -0.138. The van der Waals surface area contributed by atoms with Gasteiger partial charge in [-0.3, -0.25) is 0 Å². The second-order valence-electron chi connectivity index (χ2n) is 3.02. The van der Waals surface area contributed by atoms with Crippen LogP contribution in [0, 0.1) is 6.92 Å². The van der Waals surface area contributed by atoms with Crippen LogP contribution in [0.15, 0.2) is 18.2 Å². The maximum atomic E-state index is 12.4. The Hall–Kier alpha value is -1.72. The number of urea groups is 1. The van der Waals surface area contributed by atoms with Crippen LogP contribution in [0.5, 0.6) is 0 Å². The molecule has 1 aromatic carbocycles. The van der Waals surface area contributed by atoms with E-state index in [0.29, 0.717) is 0 Å². The molecule has 3 N–H and O–H groups in total.